The molecule has 4 aromatic rings. The molecule has 154 valence electrons. The maximum absolute atomic E-state index is 12.7. The first-order valence-electron chi connectivity index (χ1n) is 9.74. The fourth-order valence-corrected chi connectivity index (χ4v) is 3.97. The number of hydrogen-bond acceptors (Lipinski definition) is 6. The van der Waals surface area contributed by atoms with Crippen molar-refractivity contribution in [2.24, 2.45) is 0 Å². The van der Waals surface area contributed by atoms with E-state index < -0.39 is 0 Å². The number of aromatic nitrogens is 4. The van der Waals surface area contributed by atoms with Gasteiger partial charge >= 0.3 is 0 Å². The minimum absolute atomic E-state index is 0.0251. The molecular formula is C22H23N5O2S. The van der Waals surface area contributed by atoms with E-state index >= 15 is 0 Å². The Morgan fingerprint density at radius 1 is 1.17 bits per heavy atom. The van der Waals surface area contributed by atoms with Gasteiger partial charge in [-0.25, -0.2) is 4.68 Å². The second kappa shape index (κ2) is 8.62. The zero-order chi connectivity index (χ0) is 21.1. The van der Waals surface area contributed by atoms with E-state index in [1.165, 1.54) is 0 Å². The summed E-state index contributed by atoms with van der Waals surface area (Å²) in [4.78, 5) is 19.7. The Morgan fingerprint density at radius 3 is 2.70 bits per heavy atom. The minimum Gasteiger partial charge on any atom is -0.341 e. The van der Waals surface area contributed by atoms with Crippen molar-refractivity contribution in [1.29, 1.82) is 0 Å². The largest absolute Gasteiger partial charge is 0.341 e. The first-order valence-corrected chi connectivity index (χ1v) is 10.6. The van der Waals surface area contributed by atoms with Gasteiger partial charge in [-0.2, -0.15) is 10.1 Å². The monoisotopic (exact) mass is 421 g/mol. The summed E-state index contributed by atoms with van der Waals surface area (Å²) >= 11 is 1.55. The molecule has 8 heteroatoms. The average Bonchev–Trinajstić information content (AvgIpc) is 3.50. The van der Waals surface area contributed by atoms with Crippen molar-refractivity contribution in [2.75, 3.05) is 7.05 Å². The number of benzene rings is 1. The van der Waals surface area contributed by atoms with Gasteiger partial charge in [0.05, 0.1) is 16.3 Å². The number of carbonyl (C=O) groups is 1. The summed E-state index contributed by atoms with van der Waals surface area (Å²) < 4.78 is 7.21. The van der Waals surface area contributed by atoms with Crippen LogP contribution in [0.2, 0.25) is 0 Å². The number of carbonyl (C=O) groups excluding carboxylic acids is 1. The SMILES string of the molecule is Cc1nn(-c2ccccc2)c(C)c1CN(C)C(=O)CCc1nc(-c2cccs2)no1. The molecule has 0 saturated carbocycles. The first kappa shape index (κ1) is 20.0. The van der Waals surface area contributed by atoms with E-state index in [4.69, 9.17) is 4.52 Å². The van der Waals surface area contributed by atoms with Gasteiger partial charge in [-0.1, -0.05) is 29.4 Å². The third kappa shape index (κ3) is 4.18. The molecule has 3 aromatic heterocycles. The van der Waals surface area contributed by atoms with Crippen LogP contribution in [0.3, 0.4) is 0 Å². The highest BCUT2D eigenvalue weighted by Gasteiger charge is 2.18. The van der Waals surface area contributed by atoms with Gasteiger partial charge in [-0.05, 0) is 37.4 Å². The molecular weight excluding hydrogens is 398 g/mol. The van der Waals surface area contributed by atoms with Crippen LogP contribution in [0.5, 0.6) is 0 Å². The molecule has 0 spiro atoms. The van der Waals surface area contributed by atoms with Gasteiger partial charge in [0.1, 0.15) is 0 Å². The second-order valence-corrected chi connectivity index (χ2v) is 8.08. The predicted molar refractivity (Wildman–Crippen MR) is 115 cm³/mol. The van der Waals surface area contributed by atoms with Gasteiger partial charge in [-0.15, -0.1) is 11.3 Å². The summed E-state index contributed by atoms with van der Waals surface area (Å²) in [6, 6.07) is 13.9. The molecule has 0 bridgehead atoms. The lowest BCUT2D eigenvalue weighted by Gasteiger charge is -2.17. The van der Waals surface area contributed by atoms with Crippen molar-refractivity contribution in [1.82, 2.24) is 24.8 Å². The van der Waals surface area contributed by atoms with Gasteiger partial charge in [0.15, 0.2) is 0 Å². The van der Waals surface area contributed by atoms with Crippen LogP contribution >= 0.6 is 11.3 Å². The van der Waals surface area contributed by atoms with Crippen molar-refractivity contribution in [3.05, 3.63) is 70.7 Å². The zero-order valence-corrected chi connectivity index (χ0v) is 18.0. The molecule has 0 radical (unpaired) electrons. The van der Waals surface area contributed by atoms with Crippen LogP contribution in [0.25, 0.3) is 16.4 Å². The number of aryl methyl sites for hydroxylation is 2. The number of hydrogen-bond donors (Lipinski definition) is 0. The lowest BCUT2D eigenvalue weighted by atomic mass is 10.1. The lowest BCUT2D eigenvalue weighted by molar-refractivity contribution is -0.130. The standard InChI is InChI=1S/C22H23N5O2S/c1-15-18(16(2)27(24-15)17-8-5-4-6-9-17)14-26(3)21(28)12-11-20-23-22(25-29-20)19-10-7-13-30-19/h4-10,13H,11-12,14H2,1-3H3. The number of para-hydroxylation sites is 1. The average molecular weight is 422 g/mol. The van der Waals surface area contributed by atoms with Crippen molar-refractivity contribution >= 4 is 17.2 Å². The quantitative estimate of drug-likeness (QED) is 0.447. The summed E-state index contributed by atoms with van der Waals surface area (Å²) in [6.07, 6.45) is 0.732. The van der Waals surface area contributed by atoms with Crippen LogP contribution in [0.4, 0.5) is 0 Å². The Kier molecular flexibility index (Phi) is 5.76. The molecule has 0 atom stereocenters. The molecule has 7 nitrogen and oxygen atoms in total. The number of nitrogens with zero attached hydrogens (tertiary/aromatic N) is 5. The van der Waals surface area contributed by atoms with Crippen molar-refractivity contribution in [2.45, 2.75) is 33.2 Å². The molecule has 0 unspecified atom stereocenters. The summed E-state index contributed by atoms with van der Waals surface area (Å²) in [6.45, 7) is 4.52. The maximum atomic E-state index is 12.7. The van der Waals surface area contributed by atoms with Crippen LogP contribution in [0.15, 0.2) is 52.4 Å². The smallest absolute Gasteiger partial charge is 0.227 e. The van der Waals surface area contributed by atoms with Crippen LogP contribution in [0.1, 0.15) is 29.3 Å². The highest BCUT2D eigenvalue weighted by atomic mass is 32.1. The maximum Gasteiger partial charge on any atom is 0.227 e. The summed E-state index contributed by atoms with van der Waals surface area (Å²) in [7, 11) is 1.81. The predicted octanol–water partition coefficient (Wildman–Crippen LogP) is 4.19. The molecule has 1 amide bonds. The highest BCUT2D eigenvalue weighted by Crippen LogP contribution is 2.22. The summed E-state index contributed by atoms with van der Waals surface area (Å²) in [5.74, 6) is 1.07. The van der Waals surface area contributed by atoms with Crippen LogP contribution in [0, 0.1) is 13.8 Å². The van der Waals surface area contributed by atoms with E-state index in [0.29, 0.717) is 31.1 Å². The summed E-state index contributed by atoms with van der Waals surface area (Å²) in [5.41, 5.74) is 4.04. The minimum atomic E-state index is 0.0251. The van der Waals surface area contributed by atoms with Gasteiger partial charge in [0, 0.05) is 37.7 Å². The Bertz CT molecular complexity index is 1130. The molecule has 0 aliphatic heterocycles. The van der Waals surface area contributed by atoms with E-state index in [1.54, 1.807) is 16.2 Å². The third-order valence-electron chi connectivity index (χ3n) is 5.03. The van der Waals surface area contributed by atoms with Gasteiger partial charge in [-0.3, -0.25) is 4.79 Å². The molecule has 4 rings (SSSR count). The Morgan fingerprint density at radius 2 is 1.97 bits per heavy atom. The third-order valence-corrected chi connectivity index (χ3v) is 5.89. The van der Waals surface area contributed by atoms with Crippen LogP contribution < -0.4 is 0 Å². The van der Waals surface area contributed by atoms with Gasteiger partial charge in [0.25, 0.3) is 0 Å². The number of thiophene rings is 1. The highest BCUT2D eigenvalue weighted by molar-refractivity contribution is 7.13. The van der Waals surface area contributed by atoms with E-state index in [1.807, 2.05) is 73.4 Å². The molecule has 30 heavy (non-hydrogen) atoms. The van der Waals surface area contributed by atoms with Crippen molar-refractivity contribution < 1.29 is 9.32 Å². The van der Waals surface area contributed by atoms with E-state index in [0.717, 1.165) is 27.5 Å². The van der Waals surface area contributed by atoms with Crippen LogP contribution in [-0.2, 0) is 17.8 Å². The Balaban J connectivity index is 1.39. The second-order valence-electron chi connectivity index (χ2n) is 7.14. The van der Waals surface area contributed by atoms with E-state index in [-0.39, 0.29) is 5.91 Å². The summed E-state index contributed by atoms with van der Waals surface area (Å²) in [5, 5.41) is 10.6. The van der Waals surface area contributed by atoms with Crippen molar-refractivity contribution in [3.8, 4) is 16.4 Å². The molecule has 0 fully saturated rings. The Labute approximate surface area is 179 Å². The molecule has 1 aromatic carbocycles. The normalized spacial score (nSPS) is 11.0. The van der Waals surface area contributed by atoms with Crippen molar-refractivity contribution in [3.63, 3.8) is 0 Å². The molecule has 0 aliphatic carbocycles. The topological polar surface area (TPSA) is 77.1 Å². The fraction of sp³-hybridized carbons (Fsp3) is 0.273. The zero-order valence-electron chi connectivity index (χ0n) is 17.2. The van der Waals surface area contributed by atoms with E-state index in [9.17, 15) is 4.79 Å². The van der Waals surface area contributed by atoms with E-state index in [2.05, 4.69) is 15.2 Å². The Hall–Kier alpha value is -3.26. The fourth-order valence-electron chi connectivity index (χ4n) is 3.32. The molecule has 0 aliphatic rings. The number of amides is 1. The molecule has 0 saturated heterocycles. The molecule has 3 heterocycles. The van der Waals surface area contributed by atoms with Gasteiger partial charge < -0.3 is 9.42 Å². The first-order chi connectivity index (χ1) is 14.5. The van der Waals surface area contributed by atoms with Crippen LogP contribution in [-0.4, -0.2) is 37.8 Å². The lowest BCUT2D eigenvalue weighted by Crippen LogP contribution is -2.27. The van der Waals surface area contributed by atoms with Gasteiger partial charge in [0.2, 0.25) is 17.6 Å². The molecule has 0 N–H and O–H groups in total. The number of rotatable bonds is 7.